The van der Waals surface area contributed by atoms with E-state index in [0.717, 1.165) is 16.7 Å². The number of methoxy groups -OCH3 is 1. The number of aryl methyl sites for hydroxylation is 2. The average molecular weight is 334 g/mol. The van der Waals surface area contributed by atoms with Crippen LogP contribution in [0, 0.1) is 20.8 Å². The van der Waals surface area contributed by atoms with Crippen molar-refractivity contribution < 1.29 is 22.1 Å². The van der Waals surface area contributed by atoms with Gasteiger partial charge in [0.15, 0.2) is 0 Å². The third-order valence-electron chi connectivity index (χ3n) is 3.61. The van der Waals surface area contributed by atoms with E-state index >= 15 is 0 Å². The van der Waals surface area contributed by atoms with E-state index in [1.165, 1.54) is 31.4 Å². The molecule has 0 radical (unpaired) electrons. The van der Waals surface area contributed by atoms with E-state index in [1.54, 1.807) is 19.9 Å². The Morgan fingerprint density at radius 2 is 1.65 bits per heavy atom. The van der Waals surface area contributed by atoms with E-state index in [0.29, 0.717) is 5.75 Å². The Morgan fingerprint density at radius 3 is 2.30 bits per heavy atom. The SMILES string of the molecule is COC(=O)c1cccc(S(=O)(=O)Oc2c(C)ccc(C)c2C)c1. The fourth-order valence-electron chi connectivity index (χ4n) is 2.11. The molecule has 0 amide bonds. The van der Waals surface area contributed by atoms with Crippen LogP contribution in [-0.4, -0.2) is 21.5 Å². The van der Waals surface area contributed by atoms with E-state index in [4.69, 9.17) is 4.18 Å². The molecule has 6 heteroatoms. The molecule has 2 rings (SSSR count). The first kappa shape index (κ1) is 17.0. The standard InChI is InChI=1S/C17H18O5S/c1-11-8-9-12(2)16(13(11)3)22-23(19,20)15-7-5-6-14(10-15)17(18)21-4/h5-10H,1-4H3. The van der Waals surface area contributed by atoms with Crippen LogP contribution in [-0.2, 0) is 14.9 Å². The molecule has 0 aliphatic carbocycles. The molecule has 0 aliphatic heterocycles. The Morgan fingerprint density at radius 1 is 1.00 bits per heavy atom. The lowest BCUT2D eigenvalue weighted by Gasteiger charge is -2.14. The van der Waals surface area contributed by atoms with Gasteiger partial charge in [0.05, 0.1) is 12.7 Å². The third kappa shape index (κ3) is 3.53. The van der Waals surface area contributed by atoms with E-state index in [2.05, 4.69) is 4.74 Å². The molecule has 0 aliphatic rings. The van der Waals surface area contributed by atoms with Gasteiger partial charge in [-0.3, -0.25) is 0 Å². The number of hydrogen-bond acceptors (Lipinski definition) is 5. The van der Waals surface area contributed by atoms with Crippen LogP contribution < -0.4 is 4.18 Å². The highest BCUT2D eigenvalue weighted by atomic mass is 32.2. The van der Waals surface area contributed by atoms with Crippen molar-refractivity contribution in [3.05, 3.63) is 58.7 Å². The number of benzene rings is 2. The molecular weight excluding hydrogens is 316 g/mol. The van der Waals surface area contributed by atoms with Crippen molar-refractivity contribution in [2.75, 3.05) is 7.11 Å². The van der Waals surface area contributed by atoms with Crippen molar-refractivity contribution >= 4 is 16.1 Å². The van der Waals surface area contributed by atoms with Gasteiger partial charge in [0.1, 0.15) is 10.6 Å². The molecule has 0 unspecified atom stereocenters. The Balaban J connectivity index is 2.45. The van der Waals surface area contributed by atoms with Gasteiger partial charge < -0.3 is 8.92 Å². The van der Waals surface area contributed by atoms with Gasteiger partial charge in [0, 0.05) is 0 Å². The van der Waals surface area contributed by atoms with Gasteiger partial charge in [-0.25, -0.2) is 4.79 Å². The van der Waals surface area contributed by atoms with Crippen LogP contribution in [0.15, 0.2) is 41.3 Å². The number of carbonyl (C=O) groups excluding carboxylic acids is 1. The second kappa shape index (κ2) is 6.42. The molecule has 5 nitrogen and oxygen atoms in total. The van der Waals surface area contributed by atoms with Gasteiger partial charge in [-0.2, -0.15) is 8.42 Å². The predicted molar refractivity (Wildman–Crippen MR) is 86.2 cm³/mol. The van der Waals surface area contributed by atoms with Gasteiger partial charge in [-0.05, 0) is 55.7 Å². The first-order valence-corrected chi connectivity index (χ1v) is 8.37. The van der Waals surface area contributed by atoms with E-state index in [9.17, 15) is 13.2 Å². The number of carbonyl (C=O) groups is 1. The molecule has 0 aromatic heterocycles. The lowest BCUT2D eigenvalue weighted by atomic mass is 10.1. The zero-order valence-corrected chi connectivity index (χ0v) is 14.2. The van der Waals surface area contributed by atoms with Gasteiger partial charge in [0.25, 0.3) is 0 Å². The minimum atomic E-state index is -4.05. The molecule has 2 aromatic carbocycles. The highest BCUT2D eigenvalue weighted by molar-refractivity contribution is 7.87. The number of hydrogen-bond donors (Lipinski definition) is 0. The van der Waals surface area contributed by atoms with Crippen LogP contribution in [0.5, 0.6) is 5.75 Å². The Labute approximate surface area is 136 Å². The quantitative estimate of drug-likeness (QED) is 0.634. The van der Waals surface area contributed by atoms with E-state index in [1.807, 2.05) is 13.0 Å². The summed E-state index contributed by atoms with van der Waals surface area (Å²) in [5.74, 6) is -0.293. The van der Waals surface area contributed by atoms with Crippen molar-refractivity contribution in [2.45, 2.75) is 25.7 Å². The first-order valence-electron chi connectivity index (χ1n) is 6.96. The molecule has 0 saturated heterocycles. The van der Waals surface area contributed by atoms with Gasteiger partial charge >= 0.3 is 16.1 Å². The Kier molecular flexibility index (Phi) is 4.75. The Bertz CT molecular complexity index is 853. The van der Waals surface area contributed by atoms with Crippen LogP contribution in [0.1, 0.15) is 27.0 Å². The van der Waals surface area contributed by atoms with Crippen LogP contribution in [0.2, 0.25) is 0 Å². The summed E-state index contributed by atoms with van der Waals surface area (Å²) in [5.41, 5.74) is 2.57. The smallest absolute Gasteiger partial charge is 0.339 e. The first-order chi connectivity index (χ1) is 10.8. The number of esters is 1. The third-order valence-corrected chi connectivity index (χ3v) is 4.83. The highest BCUT2D eigenvalue weighted by Crippen LogP contribution is 2.29. The molecule has 0 spiro atoms. The van der Waals surface area contributed by atoms with Crippen LogP contribution >= 0.6 is 0 Å². The maximum Gasteiger partial charge on any atom is 0.339 e. The number of ether oxygens (including phenoxy) is 1. The minimum absolute atomic E-state index is 0.0966. The fraction of sp³-hybridized carbons (Fsp3) is 0.235. The molecule has 122 valence electrons. The summed E-state index contributed by atoms with van der Waals surface area (Å²) < 4.78 is 34.9. The van der Waals surface area contributed by atoms with Gasteiger partial charge in [-0.1, -0.05) is 18.2 Å². The summed E-state index contributed by atoms with van der Waals surface area (Å²) in [5, 5.41) is 0. The van der Waals surface area contributed by atoms with Crippen molar-refractivity contribution in [1.82, 2.24) is 0 Å². The molecule has 2 aromatic rings. The second-order valence-electron chi connectivity index (χ2n) is 5.21. The monoisotopic (exact) mass is 334 g/mol. The topological polar surface area (TPSA) is 69.7 Å². The van der Waals surface area contributed by atoms with Crippen molar-refractivity contribution in [2.24, 2.45) is 0 Å². The predicted octanol–water partition coefficient (Wildman–Crippen LogP) is 3.17. The number of rotatable bonds is 4. The van der Waals surface area contributed by atoms with Crippen LogP contribution in [0.4, 0.5) is 0 Å². The minimum Gasteiger partial charge on any atom is -0.465 e. The van der Waals surface area contributed by atoms with Crippen LogP contribution in [0.25, 0.3) is 0 Å². The normalized spacial score (nSPS) is 11.1. The van der Waals surface area contributed by atoms with Gasteiger partial charge in [0.2, 0.25) is 0 Å². The van der Waals surface area contributed by atoms with Crippen molar-refractivity contribution in [3.8, 4) is 5.75 Å². The largest absolute Gasteiger partial charge is 0.465 e. The van der Waals surface area contributed by atoms with E-state index < -0.39 is 16.1 Å². The maximum absolute atomic E-state index is 12.5. The summed E-state index contributed by atoms with van der Waals surface area (Å²) in [6.45, 7) is 5.46. The molecule has 0 fully saturated rings. The molecule has 0 bridgehead atoms. The van der Waals surface area contributed by atoms with Gasteiger partial charge in [-0.15, -0.1) is 0 Å². The Hall–Kier alpha value is -2.34. The fourth-order valence-corrected chi connectivity index (χ4v) is 3.20. The molecular formula is C17H18O5S. The lowest BCUT2D eigenvalue weighted by Crippen LogP contribution is -2.13. The summed E-state index contributed by atoms with van der Waals surface area (Å²) in [6, 6.07) is 9.27. The summed E-state index contributed by atoms with van der Waals surface area (Å²) in [7, 11) is -2.81. The summed E-state index contributed by atoms with van der Waals surface area (Å²) >= 11 is 0. The highest BCUT2D eigenvalue weighted by Gasteiger charge is 2.21. The summed E-state index contributed by atoms with van der Waals surface area (Å²) in [6.07, 6.45) is 0. The average Bonchev–Trinajstić information content (AvgIpc) is 2.54. The molecule has 0 heterocycles. The molecule has 23 heavy (non-hydrogen) atoms. The maximum atomic E-state index is 12.5. The molecule has 0 atom stereocenters. The lowest BCUT2D eigenvalue weighted by molar-refractivity contribution is 0.0600. The molecule has 0 saturated carbocycles. The second-order valence-corrected chi connectivity index (χ2v) is 6.76. The van der Waals surface area contributed by atoms with Crippen molar-refractivity contribution in [1.29, 1.82) is 0 Å². The zero-order chi connectivity index (χ0) is 17.2. The zero-order valence-electron chi connectivity index (χ0n) is 13.4. The van der Waals surface area contributed by atoms with Crippen LogP contribution in [0.3, 0.4) is 0 Å². The molecule has 0 N–H and O–H groups in total. The summed E-state index contributed by atoms with van der Waals surface area (Å²) in [4.78, 5) is 11.4. The van der Waals surface area contributed by atoms with Crippen molar-refractivity contribution in [3.63, 3.8) is 0 Å². The van der Waals surface area contributed by atoms with E-state index in [-0.39, 0.29) is 10.5 Å².